The van der Waals surface area contributed by atoms with Crippen molar-refractivity contribution in [2.45, 2.75) is 26.0 Å². The van der Waals surface area contributed by atoms with Crippen LogP contribution >= 0.6 is 0 Å². The molecule has 1 aliphatic rings. The molecular weight excluding hydrogens is 388 g/mol. The van der Waals surface area contributed by atoms with E-state index in [0.29, 0.717) is 12.4 Å². The van der Waals surface area contributed by atoms with Gasteiger partial charge in [-0.2, -0.15) is 5.10 Å². The second-order valence-corrected chi connectivity index (χ2v) is 8.03. The van der Waals surface area contributed by atoms with E-state index in [0.717, 1.165) is 35.2 Å². The summed E-state index contributed by atoms with van der Waals surface area (Å²) in [7, 11) is 0. The first-order valence-corrected chi connectivity index (χ1v) is 10.8. The first-order valence-electron chi connectivity index (χ1n) is 10.8. The first kappa shape index (κ1) is 19.6. The van der Waals surface area contributed by atoms with Crippen molar-refractivity contribution >= 4 is 10.9 Å². The molecule has 2 aromatic heterocycles. The summed E-state index contributed by atoms with van der Waals surface area (Å²) in [6, 6.07) is 19.2. The SMILES string of the molecule is O=c1cc(OCc2ccccc2)ccn1-c1ccc2cn(CCN3CCCC3)nc2c1. The van der Waals surface area contributed by atoms with Gasteiger partial charge in [0.25, 0.3) is 5.56 Å². The molecule has 3 heterocycles. The Morgan fingerprint density at radius 2 is 1.77 bits per heavy atom. The smallest absolute Gasteiger partial charge is 0.258 e. The Morgan fingerprint density at radius 1 is 0.935 bits per heavy atom. The van der Waals surface area contributed by atoms with Crippen molar-refractivity contribution in [1.29, 1.82) is 0 Å². The molecule has 2 aromatic carbocycles. The lowest BCUT2D eigenvalue weighted by Crippen LogP contribution is -2.24. The third-order valence-electron chi connectivity index (χ3n) is 5.80. The van der Waals surface area contributed by atoms with Crippen molar-refractivity contribution < 1.29 is 4.74 Å². The summed E-state index contributed by atoms with van der Waals surface area (Å²) in [5.41, 5.74) is 2.64. The normalized spacial score (nSPS) is 14.3. The summed E-state index contributed by atoms with van der Waals surface area (Å²) in [5.74, 6) is 0.567. The monoisotopic (exact) mass is 414 g/mol. The maximum atomic E-state index is 12.7. The van der Waals surface area contributed by atoms with E-state index in [9.17, 15) is 4.79 Å². The molecule has 0 N–H and O–H groups in total. The van der Waals surface area contributed by atoms with Gasteiger partial charge in [-0.3, -0.25) is 14.0 Å². The number of fused-ring (bicyclic) bond motifs is 1. The molecule has 0 aliphatic carbocycles. The van der Waals surface area contributed by atoms with Crippen LogP contribution in [0.15, 0.2) is 77.9 Å². The van der Waals surface area contributed by atoms with Crippen LogP contribution in [0.1, 0.15) is 18.4 Å². The lowest BCUT2D eigenvalue weighted by Gasteiger charge is -2.13. The van der Waals surface area contributed by atoms with Crippen LogP contribution in [-0.2, 0) is 13.2 Å². The number of aromatic nitrogens is 3. The average molecular weight is 415 g/mol. The molecule has 31 heavy (non-hydrogen) atoms. The van der Waals surface area contributed by atoms with E-state index < -0.39 is 0 Å². The molecule has 5 rings (SSSR count). The maximum Gasteiger partial charge on any atom is 0.258 e. The van der Waals surface area contributed by atoms with Crippen LogP contribution in [0.4, 0.5) is 0 Å². The van der Waals surface area contributed by atoms with Crippen molar-refractivity contribution in [2.24, 2.45) is 0 Å². The molecule has 0 atom stereocenters. The second-order valence-electron chi connectivity index (χ2n) is 8.03. The molecule has 158 valence electrons. The summed E-state index contributed by atoms with van der Waals surface area (Å²) in [4.78, 5) is 15.2. The molecule has 1 fully saturated rings. The van der Waals surface area contributed by atoms with Crippen molar-refractivity contribution in [3.05, 3.63) is 89.0 Å². The number of hydrogen-bond acceptors (Lipinski definition) is 4. The van der Waals surface area contributed by atoms with Gasteiger partial charge in [-0.05, 0) is 55.8 Å². The van der Waals surface area contributed by atoms with Crippen LogP contribution in [-0.4, -0.2) is 38.9 Å². The Kier molecular flexibility index (Phi) is 5.54. The molecule has 6 nitrogen and oxygen atoms in total. The van der Waals surface area contributed by atoms with E-state index in [1.807, 2.05) is 59.3 Å². The van der Waals surface area contributed by atoms with E-state index in [1.165, 1.54) is 32.0 Å². The molecule has 1 aliphatic heterocycles. The summed E-state index contributed by atoms with van der Waals surface area (Å²) in [6.45, 7) is 4.74. The number of ether oxygens (including phenoxy) is 1. The highest BCUT2D eigenvalue weighted by Crippen LogP contribution is 2.18. The van der Waals surface area contributed by atoms with E-state index in [2.05, 4.69) is 11.1 Å². The lowest BCUT2D eigenvalue weighted by atomic mass is 10.2. The number of nitrogens with zero attached hydrogens (tertiary/aromatic N) is 4. The first-order chi connectivity index (χ1) is 15.2. The van der Waals surface area contributed by atoms with Crippen LogP contribution < -0.4 is 10.3 Å². The number of likely N-dealkylation sites (tertiary alicyclic amines) is 1. The van der Waals surface area contributed by atoms with Gasteiger partial charge in [0.1, 0.15) is 12.4 Å². The third kappa shape index (κ3) is 4.54. The Labute approximate surface area is 181 Å². The second kappa shape index (κ2) is 8.78. The topological polar surface area (TPSA) is 52.3 Å². The minimum absolute atomic E-state index is 0.127. The minimum Gasteiger partial charge on any atom is -0.489 e. The van der Waals surface area contributed by atoms with Crippen LogP contribution in [0, 0.1) is 0 Å². The molecule has 0 spiro atoms. The molecule has 1 saturated heterocycles. The summed E-state index contributed by atoms with van der Waals surface area (Å²) in [6.07, 6.45) is 6.44. The lowest BCUT2D eigenvalue weighted by molar-refractivity contribution is 0.305. The fraction of sp³-hybridized carbons (Fsp3) is 0.280. The van der Waals surface area contributed by atoms with E-state index >= 15 is 0 Å². The van der Waals surface area contributed by atoms with Gasteiger partial charge in [-0.15, -0.1) is 0 Å². The van der Waals surface area contributed by atoms with Gasteiger partial charge < -0.3 is 9.64 Å². The Balaban J connectivity index is 1.30. The van der Waals surface area contributed by atoms with E-state index in [1.54, 1.807) is 10.8 Å². The quantitative estimate of drug-likeness (QED) is 0.461. The maximum absolute atomic E-state index is 12.7. The largest absolute Gasteiger partial charge is 0.489 e. The van der Waals surface area contributed by atoms with Crippen LogP contribution in [0.5, 0.6) is 5.75 Å². The zero-order valence-corrected chi connectivity index (χ0v) is 17.5. The zero-order valence-electron chi connectivity index (χ0n) is 17.5. The molecule has 0 saturated carbocycles. The van der Waals surface area contributed by atoms with Gasteiger partial charge in [0.15, 0.2) is 0 Å². The fourth-order valence-electron chi connectivity index (χ4n) is 4.07. The standard InChI is InChI=1S/C25H26N4O2/c30-25-17-23(31-19-20-6-2-1-3-7-20)10-13-29(25)22-9-8-21-18-28(26-24(21)16-22)15-14-27-11-4-5-12-27/h1-3,6-10,13,16-18H,4-5,11-12,14-15,19H2. The average Bonchev–Trinajstić information content (AvgIpc) is 3.46. The van der Waals surface area contributed by atoms with Gasteiger partial charge in [0.2, 0.25) is 0 Å². The molecule has 4 aromatic rings. The third-order valence-corrected chi connectivity index (χ3v) is 5.80. The molecule has 0 bridgehead atoms. The van der Waals surface area contributed by atoms with Crippen LogP contribution in [0.3, 0.4) is 0 Å². The van der Waals surface area contributed by atoms with E-state index in [4.69, 9.17) is 9.84 Å². The van der Waals surface area contributed by atoms with Crippen LogP contribution in [0.25, 0.3) is 16.6 Å². The van der Waals surface area contributed by atoms with Gasteiger partial charge >= 0.3 is 0 Å². The molecule has 0 amide bonds. The molecule has 6 heteroatoms. The van der Waals surface area contributed by atoms with Gasteiger partial charge in [0.05, 0.1) is 17.7 Å². The molecule has 0 unspecified atom stereocenters. The fourth-order valence-corrected chi connectivity index (χ4v) is 4.07. The highest BCUT2D eigenvalue weighted by atomic mass is 16.5. The Morgan fingerprint density at radius 3 is 2.58 bits per heavy atom. The van der Waals surface area contributed by atoms with Crippen molar-refractivity contribution in [1.82, 2.24) is 19.2 Å². The Hall–Kier alpha value is -3.38. The zero-order chi connectivity index (χ0) is 21.0. The minimum atomic E-state index is -0.127. The molecule has 0 radical (unpaired) electrons. The summed E-state index contributed by atoms with van der Waals surface area (Å²) < 4.78 is 9.41. The van der Waals surface area contributed by atoms with Gasteiger partial charge in [0, 0.05) is 30.4 Å². The van der Waals surface area contributed by atoms with Crippen molar-refractivity contribution in [3.63, 3.8) is 0 Å². The summed E-state index contributed by atoms with van der Waals surface area (Å²) in [5, 5.41) is 5.80. The summed E-state index contributed by atoms with van der Waals surface area (Å²) >= 11 is 0. The van der Waals surface area contributed by atoms with Crippen molar-refractivity contribution in [2.75, 3.05) is 19.6 Å². The van der Waals surface area contributed by atoms with E-state index in [-0.39, 0.29) is 5.56 Å². The number of rotatable bonds is 7. The number of benzene rings is 2. The highest BCUT2D eigenvalue weighted by Gasteiger charge is 2.12. The number of pyridine rings is 1. The predicted octanol–water partition coefficient (Wildman–Crippen LogP) is 3.86. The van der Waals surface area contributed by atoms with Crippen molar-refractivity contribution in [3.8, 4) is 11.4 Å². The van der Waals surface area contributed by atoms with Crippen LogP contribution in [0.2, 0.25) is 0 Å². The molecular formula is C25H26N4O2. The number of hydrogen-bond donors (Lipinski definition) is 0. The van der Waals surface area contributed by atoms with Gasteiger partial charge in [-0.25, -0.2) is 0 Å². The highest BCUT2D eigenvalue weighted by molar-refractivity contribution is 5.80. The Bertz CT molecular complexity index is 1220. The van der Waals surface area contributed by atoms with Gasteiger partial charge in [-0.1, -0.05) is 30.3 Å². The predicted molar refractivity (Wildman–Crippen MR) is 122 cm³/mol.